The lowest BCUT2D eigenvalue weighted by atomic mass is 9.96. The summed E-state index contributed by atoms with van der Waals surface area (Å²) >= 11 is 0. The first-order valence-electron chi connectivity index (χ1n) is 5.77. The van der Waals surface area contributed by atoms with Gasteiger partial charge in [0.2, 0.25) is 0 Å². The molecule has 0 bridgehead atoms. The molecule has 2 rings (SSSR count). The van der Waals surface area contributed by atoms with E-state index in [1.54, 1.807) is 7.11 Å². The van der Waals surface area contributed by atoms with Crippen molar-refractivity contribution in [3.8, 4) is 5.75 Å². The quantitative estimate of drug-likeness (QED) is 0.877. The molecule has 90 valence electrons. The average molecular weight is 230 g/mol. The van der Waals surface area contributed by atoms with E-state index in [0.717, 1.165) is 16.7 Å². The molecule has 0 aliphatic rings. The van der Waals surface area contributed by atoms with Crippen molar-refractivity contribution >= 4 is 10.8 Å². The molecular formula is C15H18O2. The molecule has 0 unspecified atom stereocenters. The van der Waals surface area contributed by atoms with Gasteiger partial charge in [-0.1, -0.05) is 24.3 Å². The SMILES string of the molecule is COc1ccc2cc(CC(C)(C)O)ccc2c1. The summed E-state index contributed by atoms with van der Waals surface area (Å²) in [6.45, 7) is 3.65. The Morgan fingerprint density at radius 3 is 2.35 bits per heavy atom. The van der Waals surface area contributed by atoms with Crippen LogP contribution in [0.1, 0.15) is 19.4 Å². The standard InChI is InChI=1S/C15H18O2/c1-15(2,16)10-11-4-5-13-9-14(17-3)7-6-12(13)8-11/h4-9,16H,10H2,1-3H3. The highest BCUT2D eigenvalue weighted by Gasteiger charge is 2.13. The molecule has 0 amide bonds. The molecule has 0 atom stereocenters. The molecule has 0 saturated heterocycles. The average Bonchev–Trinajstić information content (AvgIpc) is 2.26. The summed E-state index contributed by atoms with van der Waals surface area (Å²) in [7, 11) is 1.67. The molecule has 2 heteroatoms. The van der Waals surface area contributed by atoms with Gasteiger partial charge in [-0.05, 0) is 42.3 Å². The van der Waals surface area contributed by atoms with Gasteiger partial charge >= 0.3 is 0 Å². The van der Waals surface area contributed by atoms with Gasteiger partial charge in [0.05, 0.1) is 12.7 Å². The molecule has 17 heavy (non-hydrogen) atoms. The number of hydrogen-bond acceptors (Lipinski definition) is 2. The molecule has 2 aromatic carbocycles. The van der Waals surface area contributed by atoms with Crippen molar-refractivity contribution in [3.05, 3.63) is 42.0 Å². The number of methoxy groups -OCH3 is 1. The smallest absolute Gasteiger partial charge is 0.119 e. The number of aliphatic hydroxyl groups is 1. The van der Waals surface area contributed by atoms with Crippen LogP contribution in [-0.4, -0.2) is 17.8 Å². The van der Waals surface area contributed by atoms with Gasteiger partial charge in [-0.3, -0.25) is 0 Å². The molecule has 0 fully saturated rings. The van der Waals surface area contributed by atoms with Gasteiger partial charge in [0, 0.05) is 6.42 Å². The van der Waals surface area contributed by atoms with E-state index in [9.17, 15) is 5.11 Å². The third kappa shape index (κ3) is 2.98. The zero-order chi connectivity index (χ0) is 12.5. The predicted molar refractivity (Wildman–Crippen MR) is 70.5 cm³/mol. The second kappa shape index (κ2) is 4.38. The molecule has 1 N–H and O–H groups in total. The second-order valence-corrected chi connectivity index (χ2v) is 5.04. The topological polar surface area (TPSA) is 29.5 Å². The van der Waals surface area contributed by atoms with Crippen LogP contribution in [0, 0.1) is 0 Å². The highest BCUT2D eigenvalue weighted by molar-refractivity contribution is 5.84. The van der Waals surface area contributed by atoms with Crippen molar-refractivity contribution in [1.82, 2.24) is 0 Å². The Hall–Kier alpha value is -1.54. The van der Waals surface area contributed by atoms with Gasteiger partial charge in [-0.2, -0.15) is 0 Å². The maximum absolute atomic E-state index is 9.81. The van der Waals surface area contributed by atoms with Gasteiger partial charge in [0.15, 0.2) is 0 Å². The Morgan fingerprint density at radius 1 is 1.06 bits per heavy atom. The summed E-state index contributed by atoms with van der Waals surface area (Å²) in [4.78, 5) is 0. The van der Waals surface area contributed by atoms with Crippen molar-refractivity contribution in [1.29, 1.82) is 0 Å². The van der Waals surface area contributed by atoms with E-state index in [2.05, 4.69) is 18.2 Å². The van der Waals surface area contributed by atoms with E-state index in [1.807, 2.05) is 32.0 Å². The Bertz CT molecular complexity index is 524. The summed E-state index contributed by atoms with van der Waals surface area (Å²) in [6.07, 6.45) is 0.662. The minimum Gasteiger partial charge on any atom is -0.497 e. The minimum atomic E-state index is -0.667. The number of benzene rings is 2. The van der Waals surface area contributed by atoms with Crippen molar-refractivity contribution in [2.24, 2.45) is 0 Å². The zero-order valence-corrected chi connectivity index (χ0v) is 10.5. The first-order chi connectivity index (χ1) is 7.98. The lowest BCUT2D eigenvalue weighted by Gasteiger charge is -2.17. The summed E-state index contributed by atoms with van der Waals surface area (Å²) in [6, 6.07) is 12.3. The number of rotatable bonds is 3. The molecule has 0 aliphatic carbocycles. The summed E-state index contributed by atoms with van der Waals surface area (Å²) in [5.74, 6) is 0.868. The summed E-state index contributed by atoms with van der Waals surface area (Å²) < 4.78 is 5.19. The fraction of sp³-hybridized carbons (Fsp3) is 0.333. The van der Waals surface area contributed by atoms with E-state index >= 15 is 0 Å². The Morgan fingerprint density at radius 2 is 1.71 bits per heavy atom. The highest BCUT2D eigenvalue weighted by Crippen LogP contribution is 2.23. The van der Waals surface area contributed by atoms with E-state index in [4.69, 9.17) is 4.74 Å². The monoisotopic (exact) mass is 230 g/mol. The third-order valence-electron chi connectivity index (χ3n) is 2.75. The van der Waals surface area contributed by atoms with Crippen molar-refractivity contribution in [2.75, 3.05) is 7.11 Å². The zero-order valence-electron chi connectivity index (χ0n) is 10.5. The van der Waals surface area contributed by atoms with Crippen molar-refractivity contribution < 1.29 is 9.84 Å². The Kier molecular flexibility index (Phi) is 3.07. The van der Waals surface area contributed by atoms with Crippen LogP contribution in [0.3, 0.4) is 0 Å². The van der Waals surface area contributed by atoms with Crippen LogP contribution in [0.4, 0.5) is 0 Å². The van der Waals surface area contributed by atoms with Gasteiger partial charge in [-0.25, -0.2) is 0 Å². The number of ether oxygens (including phenoxy) is 1. The van der Waals surface area contributed by atoms with Crippen molar-refractivity contribution in [3.63, 3.8) is 0 Å². The van der Waals surface area contributed by atoms with Crippen LogP contribution in [0.15, 0.2) is 36.4 Å². The Balaban J connectivity index is 2.38. The lowest BCUT2D eigenvalue weighted by Crippen LogP contribution is -2.21. The van der Waals surface area contributed by atoms with Gasteiger partial charge in [0.1, 0.15) is 5.75 Å². The predicted octanol–water partition coefficient (Wildman–Crippen LogP) is 3.16. The van der Waals surface area contributed by atoms with E-state index in [0.29, 0.717) is 6.42 Å². The van der Waals surface area contributed by atoms with Crippen LogP contribution in [0.5, 0.6) is 5.75 Å². The van der Waals surface area contributed by atoms with Crippen LogP contribution in [-0.2, 0) is 6.42 Å². The summed E-state index contributed by atoms with van der Waals surface area (Å²) in [5, 5.41) is 12.1. The lowest BCUT2D eigenvalue weighted by molar-refractivity contribution is 0.0810. The highest BCUT2D eigenvalue weighted by atomic mass is 16.5. The molecule has 0 aliphatic heterocycles. The molecular weight excluding hydrogens is 212 g/mol. The molecule has 0 radical (unpaired) electrons. The number of fused-ring (bicyclic) bond motifs is 1. The van der Waals surface area contributed by atoms with Gasteiger partial charge in [0.25, 0.3) is 0 Å². The largest absolute Gasteiger partial charge is 0.497 e. The Labute approximate surface area is 102 Å². The van der Waals surface area contributed by atoms with Gasteiger partial charge in [-0.15, -0.1) is 0 Å². The first-order valence-corrected chi connectivity index (χ1v) is 5.77. The van der Waals surface area contributed by atoms with Crippen LogP contribution < -0.4 is 4.74 Å². The van der Waals surface area contributed by atoms with E-state index < -0.39 is 5.60 Å². The van der Waals surface area contributed by atoms with Crippen molar-refractivity contribution in [2.45, 2.75) is 25.9 Å². The number of hydrogen-bond donors (Lipinski definition) is 1. The minimum absolute atomic E-state index is 0.662. The fourth-order valence-electron chi connectivity index (χ4n) is 2.01. The van der Waals surface area contributed by atoms with Crippen LogP contribution in [0.2, 0.25) is 0 Å². The maximum atomic E-state index is 9.81. The van der Waals surface area contributed by atoms with E-state index in [-0.39, 0.29) is 0 Å². The molecule has 0 heterocycles. The van der Waals surface area contributed by atoms with Gasteiger partial charge < -0.3 is 9.84 Å². The van der Waals surface area contributed by atoms with Crippen LogP contribution >= 0.6 is 0 Å². The molecule has 0 aromatic heterocycles. The second-order valence-electron chi connectivity index (χ2n) is 5.04. The van der Waals surface area contributed by atoms with Crippen LogP contribution in [0.25, 0.3) is 10.8 Å². The third-order valence-corrected chi connectivity index (χ3v) is 2.75. The molecule has 0 spiro atoms. The summed E-state index contributed by atoms with van der Waals surface area (Å²) in [5.41, 5.74) is 0.482. The normalized spacial score (nSPS) is 11.8. The fourth-order valence-corrected chi connectivity index (χ4v) is 2.01. The maximum Gasteiger partial charge on any atom is 0.119 e. The molecule has 2 aromatic rings. The van der Waals surface area contributed by atoms with E-state index in [1.165, 1.54) is 5.39 Å². The molecule has 2 nitrogen and oxygen atoms in total. The first kappa shape index (κ1) is 11.9. The molecule has 0 saturated carbocycles.